The third-order valence-corrected chi connectivity index (χ3v) is 2.65. The maximum Gasteiger partial charge on any atom is -0.300 e. The van der Waals surface area contributed by atoms with Gasteiger partial charge in [-0.2, -0.15) is 0 Å². The summed E-state index contributed by atoms with van der Waals surface area (Å²) in [6, 6.07) is 0. The fourth-order valence-electron chi connectivity index (χ4n) is 0.304. The Labute approximate surface area is 41.7 Å². The van der Waals surface area contributed by atoms with E-state index in [1.165, 1.54) is 0 Å². The molecule has 30 valence electrons. The van der Waals surface area contributed by atoms with E-state index in [1.54, 1.807) is 0 Å². The van der Waals surface area contributed by atoms with Crippen LogP contribution in [0.1, 0.15) is 0 Å². The van der Waals surface area contributed by atoms with Crippen molar-refractivity contribution in [1.82, 2.24) is 0 Å². The summed E-state index contributed by atoms with van der Waals surface area (Å²) >= 11 is 0. The summed E-state index contributed by atoms with van der Waals surface area (Å²) in [5, 5.41) is 0. The highest BCUT2D eigenvalue weighted by Gasteiger charge is 1.30. The summed E-state index contributed by atoms with van der Waals surface area (Å²) < 4.78 is 0. The first-order chi connectivity index (χ1) is 3.00. The number of hydrogen-bond donors (Lipinski definition) is 0. The molecule has 1 aromatic heterocycles. The van der Waals surface area contributed by atoms with Crippen LogP contribution in [0.15, 0.2) is 22.7 Å². The third kappa shape index (κ3) is 0.950. The Morgan fingerprint density at radius 2 is 1.00 bits per heavy atom. The van der Waals surface area contributed by atoms with Crippen molar-refractivity contribution in [2.45, 2.75) is 0 Å². The van der Waals surface area contributed by atoms with E-state index < -0.39 is 0 Å². The van der Waals surface area contributed by atoms with Gasteiger partial charge in [0.1, 0.15) is 0 Å². The van der Waals surface area contributed by atoms with Gasteiger partial charge in [-0.3, -0.25) is 22.7 Å². The molecule has 0 unspecified atom stereocenters. The van der Waals surface area contributed by atoms with E-state index in [0.717, 1.165) is 18.2 Å². The molecule has 2 heteroatoms. The molecular weight excluding hydrogens is 104 g/mol. The summed E-state index contributed by atoms with van der Waals surface area (Å²) in [5.41, 5.74) is 8.88. The van der Waals surface area contributed by atoms with Crippen LogP contribution < -0.4 is 0 Å². The molecule has 0 aliphatic carbocycles. The first-order valence-corrected chi connectivity index (χ1v) is 4.13. The molecule has 0 bridgehead atoms. The minimum Gasteiger partial charge on any atom is -0.424 e. The molecular formula is C4H4Si2-2. The van der Waals surface area contributed by atoms with Gasteiger partial charge in [-0.15, -0.1) is 0 Å². The Balaban J connectivity index is 3.00. The van der Waals surface area contributed by atoms with Crippen molar-refractivity contribution in [3.8, 4) is 0 Å². The fraction of sp³-hybridized carbons (Fsp3) is 0. The maximum atomic E-state index is 2.22. The largest absolute Gasteiger partial charge is 0.424 e. The van der Waals surface area contributed by atoms with Crippen molar-refractivity contribution >= 4 is 18.2 Å². The van der Waals surface area contributed by atoms with E-state index in [0.29, 0.717) is 0 Å². The Bertz CT molecular complexity index is 77.5. The molecule has 0 amide bonds. The van der Waals surface area contributed by atoms with Crippen molar-refractivity contribution in [3.63, 3.8) is 0 Å². The van der Waals surface area contributed by atoms with Crippen LogP contribution in [-0.2, 0) is 0 Å². The number of rotatable bonds is 0. The molecule has 0 nitrogen and oxygen atoms in total. The smallest absolute Gasteiger partial charge is 0.300 e. The standard InChI is InChI=1S/C4H4Si2/c1-2-6-4-3-5-1/h1-4H/q-2. The SMILES string of the molecule is c1c[si-]cc[si-]1. The summed E-state index contributed by atoms with van der Waals surface area (Å²) in [6.45, 7) is 0. The molecule has 0 fully saturated rings. The van der Waals surface area contributed by atoms with Crippen LogP contribution in [-0.4, -0.2) is 18.2 Å². The monoisotopic (exact) mass is 108 g/mol. The first-order valence-electron chi connectivity index (χ1n) is 1.82. The van der Waals surface area contributed by atoms with Crippen LogP contribution >= 0.6 is 0 Å². The zero-order valence-electron chi connectivity index (χ0n) is 3.31. The average molecular weight is 108 g/mol. The second-order valence-electron chi connectivity index (χ2n) is 1.00. The van der Waals surface area contributed by atoms with Crippen LogP contribution in [0.3, 0.4) is 0 Å². The van der Waals surface area contributed by atoms with E-state index in [9.17, 15) is 0 Å². The van der Waals surface area contributed by atoms with E-state index in [-0.39, 0.29) is 0 Å². The van der Waals surface area contributed by atoms with Crippen molar-refractivity contribution < 1.29 is 0 Å². The molecule has 0 radical (unpaired) electrons. The highest BCUT2D eigenvalue weighted by Crippen LogP contribution is 1.64. The lowest BCUT2D eigenvalue weighted by atomic mass is 11.1. The average Bonchev–Trinajstić information content (AvgIpc) is 1.72. The van der Waals surface area contributed by atoms with Crippen LogP contribution in [0.5, 0.6) is 0 Å². The Morgan fingerprint density at radius 3 is 1.17 bits per heavy atom. The second kappa shape index (κ2) is 2.15. The van der Waals surface area contributed by atoms with Crippen molar-refractivity contribution in [2.75, 3.05) is 0 Å². The quantitative estimate of drug-likeness (QED) is 0.421. The van der Waals surface area contributed by atoms with E-state index in [1.807, 2.05) is 0 Å². The normalized spacial score (nSPS) is 8.00. The molecule has 0 saturated carbocycles. The van der Waals surface area contributed by atoms with E-state index in [4.69, 9.17) is 0 Å². The van der Waals surface area contributed by atoms with Crippen LogP contribution in [0, 0.1) is 0 Å². The van der Waals surface area contributed by atoms with Crippen molar-refractivity contribution in [2.24, 2.45) is 0 Å². The maximum absolute atomic E-state index is 2.22. The lowest BCUT2D eigenvalue weighted by molar-refractivity contribution is 2.16. The van der Waals surface area contributed by atoms with Gasteiger partial charge in [-0.05, 0) is 0 Å². The van der Waals surface area contributed by atoms with Gasteiger partial charge in [0.05, 0.1) is 0 Å². The lowest BCUT2D eigenvalue weighted by Gasteiger charge is -1.97. The van der Waals surface area contributed by atoms with Gasteiger partial charge < -0.3 is 18.2 Å². The summed E-state index contributed by atoms with van der Waals surface area (Å²) in [7, 11) is 1.90. The van der Waals surface area contributed by atoms with Crippen LogP contribution in [0.25, 0.3) is 0 Å². The van der Waals surface area contributed by atoms with Crippen LogP contribution in [0.4, 0.5) is 0 Å². The highest BCUT2D eigenvalue weighted by molar-refractivity contribution is 6.36. The molecule has 0 aliphatic rings. The molecule has 0 saturated heterocycles. The Kier molecular flexibility index (Phi) is 1.46. The summed E-state index contributed by atoms with van der Waals surface area (Å²) in [6.07, 6.45) is 0. The molecule has 0 aromatic carbocycles. The van der Waals surface area contributed by atoms with Gasteiger partial charge >= 0.3 is 0 Å². The predicted octanol–water partition coefficient (Wildman–Crippen LogP) is 0.363. The van der Waals surface area contributed by atoms with Gasteiger partial charge in [0.15, 0.2) is 0 Å². The zero-order valence-corrected chi connectivity index (χ0v) is 5.31. The first kappa shape index (κ1) is 4.08. The Morgan fingerprint density at radius 1 is 0.667 bits per heavy atom. The van der Waals surface area contributed by atoms with Crippen molar-refractivity contribution in [3.05, 3.63) is 22.7 Å². The molecule has 1 heterocycles. The molecule has 0 spiro atoms. The summed E-state index contributed by atoms with van der Waals surface area (Å²) in [5.74, 6) is 0. The van der Waals surface area contributed by atoms with E-state index >= 15 is 0 Å². The van der Waals surface area contributed by atoms with Gasteiger partial charge in [-0.25, -0.2) is 0 Å². The topological polar surface area (TPSA) is 0 Å². The molecule has 0 N–H and O–H groups in total. The second-order valence-corrected chi connectivity index (χ2v) is 3.00. The Hall–Kier alpha value is -0.0862. The minimum absolute atomic E-state index is 0.948. The molecule has 0 atom stereocenters. The van der Waals surface area contributed by atoms with Gasteiger partial charge in [0.25, 0.3) is 0 Å². The molecule has 0 aliphatic heterocycles. The molecule has 6 heavy (non-hydrogen) atoms. The van der Waals surface area contributed by atoms with Crippen molar-refractivity contribution in [1.29, 1.82) is 0 Å². The predicted molar refractivity (Wildman–Crippen MR) is 29.1 cm³/mol. The van der Waals surface area contributed by atoms with Gasteiger partial charge in [0.2, 0.25) is 0 Å². The highest BCUT2D eigenvalue weighted by atomic mass is 28.2. The molecule has 1 aromatic rings. The third-order valence-electron chi connectivity index (χ3n) is 0.552. The zero-order chi connectivity index (χ0) is 4.24. The van der Waals surface area contributed by atoms with Gasteiger partial charge in [-0.1, -0.05) is 0 Å². The molecule has 1 rings (SSSR count). The van der Waals surface area contributed by atoms with Crippen LogP contribution in [0.2, 0.25) is 0 Å². The number of hydrogen-bond acceptors (Lipinski definition) is 0. The minimum atomic E-state index is 0.948. The summed E-state index contributed by atoms with van der Waals surface area (Å²) in [4.78, 5) is 0. The lowest BCUT2D eigenvalue weighted by Crippen LogP contribution is -1.68. The fourth-order valence-corrected chi connectivity index (χ4v) is 2.07. The van der Waals surface area contributed by atoms with Gasteiger partial charge in [0, 0.05) is 0 Å². The van der Waals surface area contributed by atoms with E-state index in [2.05, 4.69) is 22.7 Å².